The van der Waals surface area contributed by atoms with Crippen LogP contribution in [0.1, 0.15) is 22.7 Å². The number of aromatic nitrogens is 1. The van der Waals surface area contributed by atoms with Crippen molar-refractivity contribution in [2.75, 3.05) is 13.2 Å². The van der Waals surface area contributed by atoms with Crippen molar-refractivity contribution in [1.82, 2.24) is 15.2 Å². The zero-order valence-corrected chi connectivity index (χ0v) is 12.4. The SMILES string of the molecule is OCCN1C(=S)N[C@@H](c2ccccn2)[C@@H]1c1cccs1. The van der Waals surface area contributed by atoms with Crippen LogP contribution in [0.5, 0.6) is 0 Å². The molecule has 4 nitrogen and oxygen atoms in total. The van der Waals surface area contributed by atoms with E-state index in [1.807, 2.05) is 29.2 Å². The van der Waals surface area contributed by atoms with Crippen LogP contribution in [0, 0.1) is 0 Å². The van der Waals surface area contributed by atoms with Crippen molar-refractivity contribution < 1.29 is 5.11 Å². The number of hydrogen-bond donors (Lipinski definition) is 2. The van der Waals surface area contributed by atoms with E-state index >= 15 is 0 Å². The van der Waals surface area contributed by atoms with E-state index < -0.39 is 0 Å². The molecule has 2 atom stereocenters. The maximum absolute atomic E-state index is 9.28. The Labute approximate surface area is 127 Å². The van der Waals surface area contributed by atoms with Gasteiger partial charge in [-0.1, -0.05) is 12.1 Å². The number of nitrogens with one attached hydrogen (secondary N) is 1. The van der Waals surface area contributed by atoms with Gasteiger partial charge in [0.1, 0.15) is 0 Å². The van der Waals surface area contributed by atoms with Crippen LogP contribution in [0.25, 0.3) is 0 Å². The van der Waals surface area contributed by atoms with Crippen molar-refractivity contribution in [3.63, 3.8) is 0 Å². The van der Waals surface area contributed by atoms with E-state index in [2.05, 4.69) is 21.7 Å². The van der Waals surface area contributed by atoms with E-state index in [0.29, 0.717) is 11.7 Å². The molecule has 0 spiro atoms. The molecule has 3 heterocycles. The molecule has 2 aromatic rings. The molecule has 0 radical (unpaired) electrons. The van der Waals surface area contributed by atoms with Gasteiger partial charge in [0.15, 0.2) is 5.11 Å². The lowest BCUT2D eigenvalue weighted by molar-refractivity contribution is 0.224. The van der Waals surface area contributed by atoms with E-state index in [-0.39, 0.29) is 18.7 Å². The number of hydrogen-bond acceptors (Lipinski definition) is 4. The summed E-state index contributed by atoms with van der Waals surface area (Å²) in [6.07, 6.45) is 1.79. The van der Waals surface area contributed by atoms with Gasteiger partial charge in [0.05, 0.1) is 24.4 Å². The van der Waals surface area contributed by atoms with Gasteiger partial charge in [-0.25, -0.2) is 0 Å². The fraction of sp³-hybridized carbons (Fsp3) is 0.286. The summed E-state index contributed by atoms with van der Waals surface area (Å²) in [5, 5.41) is 15.3. The number of pyridine rings is 1. The van der Waals surface area contributed by atoms with Crippen LogP contribution in [0.2, 0.25) is 0 Å². The highest BCUT2D eigenvalue weighted by molar-refractivity contribution is 7.80. The molecule has 0 amide bonds. The average Bonchev–Trinajstić information content (AvgIpc) is 3.09. The predicted octanol–water partition coefficient (Wildman–Crippen LogP) is 2.11. The number of β-amino-alcohol motifs (C(OH)–C–C–N with tert-alkyl or cyclic N) is 1. The monoisotopic (exact) mass is 305 g/mol. The van der Waals surface area contributed by atoms with Crippen LogP contribution in [0.15, 0.2) is 41.9 Å². The number of aliphatic hydroxyl groups excluding tert-OH is 1. The van der Waals surface area contributed by atoms with Crippen molar-refractivity contribution in [3.8, 4) is 0 Å². The van der Waals surface area contributed by atoms with E-state index in [4.69, 9.17) is 12.2 Å². The van der Waals surface area contributed by atoms with Gasteiger partial charge in [-0.3, -0.25) is 4.98 Å². The summed E-state index contributed by atoms with van der Waals surface area (Å²) in [7, 11) is 0. The molecular weight excluding hydrogens is 290 g/mol. The number of nitrogens with zero attached hydrogens (tertiary/aromatic N) is 2. The summed E-state index contributed by atoms with van der Waals surface area (Å²) in [4.78, 5) is 7.71. The lowest BCUT2D eigenvalue weighted by Crippen LogP contribution is -2.31. The molecule has 1 aliphatic rings. The Hall–Kier alpha value is -1.50. The Bertz CT molecular complexity index is 573. The molecule has 104 valence electrons. The van der Waals surface area contributed by atoms with Crippen molar-refractivity contribution >= 4 is 28.7 Å². The highest BCUT2D eigenvalue weighted by Gasteiger charge is 2.39. The quantitative estimate of drug-likeness (QED) is 0.847. The molecule has 0 saturated carbocycles. The fourth-order valence-electron chi connectivity index (χ4n) is 2.52. The van der Waals surface area contributed by atoms with Crippen molar-refractivity contribution in [2.45, 2.75) is 12.1 Å². The lowest BCUT2D eigenvalue weighted by atomic mass is 10.0. The zero-order valence-electron chi connectivity index (χ0n) is 10.8. The van der Waals surface area contributed by atoms with Crippen LogP contribution in [-0.4, -0.2) is 33.3 Å². The van der Waals surface area contributed by atoms with Gasteiger partial charge in [-0.2, -0.15) is 0 Å². The maximum atomic E-state index is 9.28. The standard InChI is InChI=1S/C14H15N3OS2/c18-8-7-17-13(11-5-3-9-20-11)12(16-14(17)19)10-4-1-2-6-15-10/h1-6,9,12-13,18H,7-8H2,(H,16,19)/t12-,13-/m0/s1. The van der Waals surface area contributed by atoms with Crippen LogP contribution >= 0.6 is 23.6 Å². The van der Waals surface area contributed by atoms with Crippen LogP contribution in [-0.2, 0) is 0 Å². The first-order valence-corrected chi connectivity index (χ1v) is 7.72. The minimum Gasteiger partial charge on any atom is -0.395 e. The molecule has 2 N–H and O–H groups in total. The van der Waals surface area contributed by atoms with Crippen molar-refractivity contribution in [1.29, 1.82) is 0 Å². The molecule has 1 aliphatic heterocycles. The highest BCUT2D eigenvalue weighted by Crippen LogP contribution is 2.39. The smallest absolute Gasteiger partial charge is 0.170 e. The summed E-state index contributed by atoms with van der Waals surface area (Å²) >= 11 is 7.11. The van der Waals surface area contributed by atoms with Crippen LogP contribution in [0.3, 0.4) is 0 Å². The average molecular weight is 305 g/mol. The minimum absolute atomic E-state index is 0.0221. The van der Waals surface area contributed by atoms with E-state index in [0.717, 1.165) is 5.69 Å². The van der Waals surface area contributed by atoms with Gasteiger partial charge < -0.3 is 15.3 Å². The van der Waals surface area contributed by atoms with Crippen LogP contribution < -0.4 is 5.32 Å². The minimum atomic E-state index is 0.0221. The van der Waals surface area contributed by atoms with Gasteiger partial charge in [-0.15, -0.1) is 11.3 Å². The van der Waals surface area contributed by atoms with E-state index in [9.17, 15) is 5.11 Å². The van der Waals surface area contributed by atoms with Crippen molar-refractivity contribution in [3.05, 3.63) is 52.5 Å². The third-order valence-electron chi connectivity index (χ3n) is 3.37. The second-order valence-electron chi connectivity index (χ2n) is 4.56. The van der Waals surface area contributed by atoms with Gasteiger partial charge in [-0.05, 0) is 35.8 Å². The summed E-state index contributed by atoms with van der Waals surface area (Å²) in [5.74, 6) is 0. The number of thiophene rings is 1. The molecule has 3 rings (SSSR count). The van der Waals surface area contributed by atoms with Gasteiger partial charge >= 0.3 is 0 Å². The second-order valence-corrected chi connectivity index (χ2v) is 5.92. The lowest BCUT2D eigenvalue weighted by Gasteiger charge is -2.25. The van der Waals surface area contributed by atoms with E-state index in [1.54, 1.807) is 17.5 Å². The predicted molar refractivity (Wildman–Crippen MR) is 83.6 cm³/mol. The summed E-state index contributed by atoms with van der Waals surface area (Å²) in [5.41, 5.74) is 0.966. The largest absolute Gasteiger partial charge is 0.395 e. The Morgan fingerprint density at radius 2 is 2.25 bits per heavy atom. The summed E-state index contributed by atoms with van der Waals surface area (Å²) < 4.78 is 0. The number of aliphatic hydroxyl groups is 1. The Morgan fingerprint density at radius 3 is 2.90 bits per heavy atom. The van der Waals surface area contributed by atoms with E-state index in [1.165, 1.54) is 4.88 Å². The fourth-order valence-corrected chi connectivity index (χ4v) is 3.73. The molecule has 0 unspecified atom stereocenters. The third kappa shape index (κ3) is 2.42. The van der Waals surface area contributed by atoms with Gasteiger partial charge in [0.25, 0.3) is 0 Å². The Balaban J connectivity index is 1.99. The summed E-state index contributed by atoms with van der Waals surface area (Å²) in [6.45, 7) is 0.608. The molecular formula is C14H15N3OS2. The molecule has 0 aliphatic carbocycles. The Kier molecular flexibility index (Phi) is 3.95. The third-order valence-corrected chi connectivity index (χ3v) is 4.67. The molecule has 20 heavy (non-hydrogen) atoms. The molecule has 2 aromatic heterocycles. The normalized spacial score (nSPS) is 22.1. The van der Waals surface area contributed by atoms with Crippen LogP contribution in [0.4, 0.5) is 0 Å². The first-order valence-electron chi connectivity index (χ1n) is 6.43. The first kappa shape index (κ1) is 13.5. The number of thiocarbonyl (C=S) groups is 1. The number of rotatable bonds is 4. The topological polar surface area (TPSA) is 48.4 Å². The molecule has 1 saturated heterocycles. The summed E-state index contributed by atoms with van der Waals surface area (Å²) in [6, 6.07) is 10.1. The molecule has 6 heteroatoms. The van der Waals surface area contributed by atoms with Crippen molar-refractivity contribution in [2.24, 2.45) is 0 Å². The highest BCUT2D eigenvalue weighted by atomic mass is 32.1. The molecule has 0 aromatic carbocycles. The van der Waals surface area contributed by atoms with Gasteiger partial charge in [0.2, 0.25) is 0 Å². The van der Waals surface area contributed by atoms with Gasteiger partial charge in [0, 0.05) is 17.6 Å². The Morgan fingerprint density at radius 1 is 1.35 bits per heavy atom. The first-order chi connectivity index (χ1) is 9.81. The maximum Gasteiger partial charge on any atom is 0.170 e. The molecule has 0 bridgehead atoms. The molecule has 1 fully saturated rings. The zero-order chi connectivity index (χ0) is 13.9. The second kappa shape index (κ2) is 5.87.